The van der Waals surface area contributed by atoms with Crippen LogP contribution in [0.3, 0.4) is 0 Å². The maximum absolute atomic E-state index is 12.9. The summed E-state index contributed by atoms with van der Waals surface area (Å²) in [5, 5.41) is 3.96. The van der Waals surface area contributed by atoms with E-state index in [2.05, 4.69) is 15.1 Å². The van der Waals surface area contributed by atoms with Crippen LogP contribution in [-0.4, -0.2) is 65.0 Å². The molecule has 2 aromatic rings. The minimum atomic E-state index is -3.57. The maximum Gasteiger partial charge on any atom is 0.282 e. The molecule has 0 spiro atoms. The number of hydrogen-bond acceptors (Lipinski definition) is 7. The van der Waals surface area contributed by atoms with Crippen molar-refractivity contribution in [2.75, 3.05) is 32.8 Å². The highest BCUT2D eigenvalue weighted by Crippen LogP contribution is 2.35. The van der Waals surface area contributed by atoms with E-state index in [1.165, 1.54) is 8.61 Å². The first-order valence-electron chi connectivity index (χ1n) is 8.26. The second-order valence-electron chi connectivity index (χ2n) is 5.96. The quantitative estimate of drug-likeness (QED) is 0.791. The van der Waals surface area contributed by atoms with Crippen molar-refractivity contribution in [3.8, 4) is 11.5 Å². The smallest absolute Gasteiger partial charge is 0.282 e. The Labute approximate surface area is 145 Å². The molecule has 2 saturated heterocycles. The van der Waals surface area contributed by atoms with Gasteiger partial charge in [0, 0.05) is 25.8 Å². The lowest BCUT2D eigenvalue weighted by molar-refractivity contribution is 0.0696. The Morgan fingerprint density at radius 3 is 2.76 bits per heavy atom. The highest BCUT2D eigenvalue weighted by Gasteiger charge is 2.41. The fourth-order valence-electron chi connectivity index (χ4n) is 3.16. The van der Waals surface area contributed by atoms with Gasteiger partial charge in [0.1, 0.15) is 11.7 Å². The lowest BCUT2D eigenvalue weighted by Crippen LogP contribution is -2.48. The molecule has 25 heavy (non-hydrogen) atoms. The first-order chi connectivity index (χ1) is 12.2. The fourth-order valence-corrected chi connectivity index (χ4v) is 4.94. The number of morpholine rings is 1. The molecule has 9 nitrogen and oxygen atoms in total. The molecule has 2 aromatic heterocycles. The van der Waals surface area contributed by atoms with Crippen molar-refractivity contribution < 1.29 is 17.7 Å². The zero-order valence-electron chi connectivity index (χ0n) is 13.6. The Hall–Kier alpha value is -1.88. The van der Waals surface area contributed by atoms with E-state index in [0.717, 1.165) is 6.42 Å². The first kappa shape index (κ1) is 16.6. The van der Waals surface area contributed by atoms with Crippen molar-refractivity contribution in [3.63, 3.8) is 0 Å². The van der Waals surface area contributed by atoms with Crippen molar-refractivity contribution in [1.82, 2.24) is 23.7 Å². The SMILES string of the molecule is O=S(=O)(N1CCOCC1)N1CCC[C@@H]1c1nc(-c2ccccn2)no1. The first-order valence-corrected chi connectivity index (χ1v) is 9.65. The zero-order chi connectivity index (χ0) is 17.3. The van der Waals surface area contributed by atoms with Gasteiger partial charge in [-0.3, -0.25) is 4.98 Å². The number of rotatable bonds is 4. The molecule has 0 bridgehead atoms. The van der Waals surface area contributed by atoms with Crippen LogP contribution in [0, 0.1) is 0 Å². The summed E-state index contributed by atoms with van der Waals surface area (Å²) < 4.78 is 39.4. The topological polar surface area (TPSA) is 102 Å². The standard InChI is InChI=1S/C15H19N5O4S/c21-25(22,19-8-10-23-11-9-19)20-7-3-5-13(20)15-17-14(18-24-15)12-4-1-2-6-16-12/h1-2,4,6,13H,3,5,7-11H2/t13-/m1/s1. The summed E-state index contributed by atoms with van der Waals surface area (Å²) in [6, 6.07) is 4.99. The van der Waals surface area contributed by atoms with Crippen LogP contribution in [0.2, 0.25) is 0 Å². The van der Waals surface area contributed by atoms with Crippen LogP contribution in [0.4, 0.5) is 0 Å². The molecule has 0 unspecified atom stereocenters. The van der Waals surface area contributed by atoms with Gasteiger partial charge in [-0.1, -0.05) is 11.2 Å². The summed E-state index contributed by atoms with van der Waals surface area (Å²) in [6.45, 7) is 2.03. The van der Waals surface area contributed by atoms with Crippen molar-refractivity contribution in [3.05, 3.63) is 30.3 Å². The summed E-state index contributed by atoms with van der Waals surface area (Å²) in [7, 11) is -3.57. The van der Waals surface area contributed by atoms with E-state index in [1.54, 1.807) is 18.3 Å². The number of pyridine rings is 1. The van der Waals surface area contributed by atoms with E-state index in [4.69, 9.17) is 9.26 Å². The summed E-state index contributed by atoms with van der Waals surface area (Å²) in [6.07, 6.45) is 3.07. The van der Waals surface area contributed by atoms with Gasteiger partial charge in [0.2, 0.25) is 11.7 Å². The monoisotopic (exact) mass is 365 g/mol. The highest BCUT2D eigenvalue weighted by molar-refractivity contribution is 7.86. The second-order valence-corrected chi connectivity index (χ2v) is 7.84. The van der Waals surface area contributed by atoms with E-state index in [0.29, 0.717) is 56.7 Å². The molecule has 1 atom stereocenters. The molecule has 0 radical (unpaired) electrons. The van der Waals surface area contributed by atoms with Crippen LogP contribution < -0.4 is 0 Å². The minimum absolute atomic E-state index is 0.315. The number of nitrogens with zero attached hydrogens (tertiary/aromatic N) is 5. The minimum Gasteiger partial charge on any atom is -0.379 e. The van der Waals surface area contributed by atoms with Gasteiger partial charge in [-0.05, 0) is 25.0 Å². The molecule has 134 valence electrons. The van der Waals surface area contributed by atoms with E-state index >= 15 is 0 Å². The van der Waals surface area contributed by atoms with E-state index in [1.807, 2.05) is 6.07 Å². The molecular weight excluding hydrogens is 346 g/mol. The Morgan fingerprint density at radius 2 is 2.00 bits per heavy atom. The summed E-state index contributed by atoms with van der Waals surface area (Å²) in [4.78, 5) is 8.57. The third-order valence-electron chi connectivity index (χ3n) is 4.42. The Balaban J connectivity index is 1.58. The van der Waals surface area contributed by atoms with Gasteiger partial charge in [0.05, 0.1) is 13.2 Å². The van der Waals surface area contributed by atoms with Crippen LogP contribution in [0.15, 0.2) is 28.9 Å². The average molecular weight is 365 g/mol. The van der Waals surface area contributed by atoms with Crippen molar-refractivity contribution in [1.29, 1.82) is 0 Å². The number of hydrogen-bond donors (Lipinski definition) is 0. The van der Waals surface area contributed by atoms with Gasteiger partial charge in [0.25, 0.3) is 10.2 Å². The largest absolute Gasteiger partial charge is 0.379 e. The molecule has 0 aromatic carbocycles. The number of ether oxygens (including phenoxy) is 1. The van der Waals surface area contributed by atoms with Crippen molar-refractivity contribution in [2.45, 2.75) is 18.9 Å². The molecule has 0 saturated carbocycles. The molecule has 4 heterocycles. The van der Waals surface area contributed by atoms with Crippen molar-refractivity contribution >= 4 is 10.2 Å². The molecule has 2 fully saturated rings. The highest BCUT2D eigenvalue weighted by atomic mass is 32.2. The number of aromatic nitrogens is 3. The normalized spacial score (nSPS) is 23.1. The molecular formula is C15H19N5O4S. The molecule has 2 aliphatic rings. The van der Waals surface area contributed by atoms with Gasteiger partial charge in [-0.15, -0.1) is 0 Å². The average Bonchev–Trinajstić information content (AvgIpc) is 3.33. The lowest BCUT2D eigenvalue weighted by Gasteiger charge is -2.31. The van der Waals surface area contributed by atoms with Crippen LogP contribution in [-0.2, 0) is 14.9 Å². The molecule has 4 rings (SSSR count). The molecule has 0 amide bonds. The molecule has 2 aliphatic heterocycles. The summed E-state index contributed by atoms with van der Waals surface area (Å²) >= 11 is 0. The van der Waals surface area contributed by atoms with Crippen LogP contribution >= 0.6 is 0 Å². The third-order valence-corrected chi connectivity index (χ3v) is 6.46. The molecule has 0 N–H and O–H groups in total. The maximum atomic E-state index is 12.9. The van der Waals surface area contributed by atoms with Crippen LogP contribution in [0.1, 0.15) is 24.8 Å². The Morgan fingerprint density at radius 1 is 1.16 bits per heavy atom. The van der Waals surface area contributed by atoms with E-state index in [9.17, 15) is 8.42 Å². The van der Waals surface area contributed by atoms with E-state index < -0.39 is 16.3 Å². The third kappa shape index (κ3) is 3.17. The summed E-state index contributed by atoms with van der Waals surface area (Å²) in [5.41, 5.74) is 0.595. The fraction of sp³-hybridized carbons (Fsp3) is 0.533. The van der Waals surface area contributed by atoms with Gasteiger partial charge in [-0.25, -0.2) is 0 Å². The van der Waals surface area contributed by atoms with Gasteiger partial charge >= 0.3 is 0 Å². The Kier molecular flexibility index (Phi) is 4.50. The van der Waals surface area contributed by atoms with E-state index in [-0.39, 0.29) is 0 Å². The van der Waals surface area contributed by atoms with Crippen LogP contribution in [0.25, 0.3) is 11.5 Å². The zero-order valence-corrected chi connectivity index (χ0v) is 14.4. The van der Waals surface area contributed by atoms with Gasteiger partial charge < -0.3 is 9.26 Å². The molecule has 0 aliphatic carbocycles. The molecule has 10 heteroatoms. The van der Waals surface area contributed by atoms with Gasteiger partial charge in [0.15, 0.2) is 0 Å². The van der Waals surface area contributed by atoms with Crippen molar-refractivity contribution in [2.24, 2.45) is 0 Å². The predicted octanol–water partition coefficient (Wildman–Crippen LogP) is 0.845. The van der Waals surface area contributed by atoms with Crippen LogP contribution in [0.5, 0.6) is 0 Å². The Bertz CT molecular complexity index is 819. The lowest BCUT2D eigenvalue weighted by atomic mass is 10.2. The van der Waals surface area contributed by atoms with Gasteiger partial charge in [-0.2, -0.15) is 22.0 Å². The summed E-state index contributed by atoms with van der Waals surface area (Å²) in [5.74, 6) is 0.682. The second kappa shape index (κ2) is 6.79. The predicted molar refractivity (Wildman–Crippen MR) is 87.5 cm³/mol.